The Labute approximate surface area is 117 Å². The van der Waals surface area contributed by atoms with Crippen LogP contribution in [-0.2, 0) is 6.42 Å². The van der Waals surface area contributed by atoms with E-state index < -0.39 is 0 Å². The number of aromatic nitrogens is 2. The maximum atomic E-state index is 5.64. The summed E-state index contributed by atoms with van der Waals surface area (Å²) in [5.41, 5.74) is 0. The summed E-state index contributed by atoms with van der Waals surface area (Å²) >= 11 is 1.54. The highest BCUT2D eigenvalue weighted by Gasteiger charge is 2.11. The lowest BCUT2D eigenvalue weighted by atomic mass is 10.3. The third kappa shape index (κ3) is 4.04. The second kappa shape index (κ2) is 7.25. The smallest absolute Gasteiger partial charge is 0.257 e. The Morgan fingerprint density at radius 2 is 2.26 bits per heavy atom. The quantitative estimate of drug-likeness (QED) is 0.754. The number of aryl methyl sites for hydroxylation is 1. The lowest BCUT2D eigenvalue weighted by Crippen LogP contribution is -2.16. The molecule has 2 aromatic rings. The summed E-state index contributed by atoms with van der Waals surface area (Å²) in [6, 6.07) is 1.91. The molecule has 1 N–H and O–H groups in total. The Kier molecular flexibility index (Phi) is 5.35. The van der Waals surface area contributed by atoms with Gasteiger partial charge in [-0.3, -0.25) is 0 Å². The van der Waals surface area contributed by atoms with Gasteiger partial charge in [0.05, 0.1) is 12.0 Å². The summed E-state index contributed by atoms with van der Waals surface area (Å²) in [5.74, 6) is 2.09. The lowest BCUT2D eigenvalue weighted by Gasteiger charge is -1.99. The lowest BCUT2D eigenvalue weighted by molar-refractivity contribution is 0.416. The number of nitrogens with one attached hydrogen (secondary N) is 1. The average Bonchev–Trinajstić information content (AvgIpc) is 3.07. The number of hydrogen-bond acceptors (Lipinski definition) is 6. The van der Waals surface area contributed by atoms with Crippen LogP contribution in [0.5, 0.6) is 5.75 Å². The first-order valence-electron chi connectivity index (χ1n) is 6.49. The van der Waals surface area contributed by atoms with Crippen LogP contribution in [0.2, 0.25) is 0 Å². The molecule has 0 aliphatic rings. The number of hydrogen-bond donors (Lipinski definition) is 1. The van der Waals surface area contributed by atoms with Crippen LogP contribution in [0.1, 0.15) is 25.7 Å². The van der Waals surface area contributed by atoms with Crippen molar-refractivity contribution in [2.24, 2.45) is 0 Å². The Morgan fingerprint density at radius 3 is 3.00 bits per heavy atom. The molecule has 104 valence electrons. The number of nitrogens with zero attached hydrogens (tertiary/aromatic N) is 2. The highest BCUT2D eigenvalue weighted by atomic mass is 32.1. The summed E-state index contributed by atoms with van der Waals surface area (Å²) in [7, 11) is 1.65. The minimum absolute atomic E-state index is 0.574. The van der Waals surface area contributed by atoms with Gasteiger partial charge in [-0.1, -0.05) is 6.92 Å². The number of methoxy groups -OCH3 is 1. The van der Waals surface area contributed by atoms with Gasteiger partial charge in [0.2, 0.25) is 5.89 Å². The standard InChI is InChI=1S/C13H19N3O2S/c1-3-6-14-7-4-5-12-15-16-13(18-12)11-8-10(17-2)9-19-11/h8-9,14H,3-7H2,1-2H3. The van der Waals surface area contributed by atoms with Crippen molar-refractivity contribution in [1.82, 2.24) is 15.5 Å². The van der Waals surface area contributed by atoms with Crippen molar-refractivity contribution >= 4 is 11.3 Å². The predicted molar refractivity (Wildman–Crippen MR) is 75.6 cm³/mol. The Hall–Kier alpha value is -1.40. The van der Waals surface area contributed by atoms with Crippen molar-refractivity contribution in [3.05, 3.63) is 17.3 Å². The first-order chi connectivity index (χ1) is 9.33. The molecule has 2 aromatic heterocycles. The van der Waals surface area contributed by atoms with Crippen molar-refractivity contribution in [2.45, 2.75) is 26.2 Å². The normalized spacial score (nSPS) is 10.8. The largest absolute Gasteiger partial charge is 0.496 e. The van der Waals surface area contributed by atoms with E-state index in [1.807, 2.05) is 11.4 Å². The van der Waals surface area contributed by atoms with Crippen molar-refractivity contribution in [3.63, 3.8) is 0 Å². The Bertz CT molecular complexity index is 496. The fraction of sp³-hybridized carbons (Fsp3) is 0.538. The van der Waals surface area contributed by atoms with E-state index in [1.54, 1.807) is 18.4 Å². The molecule has 19 heavy (non-hydrogen) atoms. The second-order valence-corrected chi connectivity index (χ2v) is 5.12. The van der Waals surface area contributed by atoms with Crippen LogP contribution in [0.25, 0.3) is 10.8 Å². The zero-order valence-electron chi connectivity index (χ0n) is 11.3. The molecule has 5 nitrogen and oxygen atoms in total. The zero-order valence-corrected chi connectivity index (χ0v) is 12.1. The van der Waals surface area contributed by atoms with Gasteiger partial charge in [0, 0.05) is 17.9 Å². The maximum absolute atomic E-state index is 5.64. The van der Waals surface area contributed by atoms with E-state index in [2.05, 4.69) is 22.4 Å². The number of rotatable bonds is 8. The van der Waals surface area contributed by atoms with E-state index in [0.29, 0.717) is 11.8 Å². The summed E-state index contributed by atoms with van der Waals surface area (Å²) in [6.07, 6.45) is 2.98. The molecule has 0 aliphatic carbocycles. The molecule has 0 spiro atoms. The second-order valence-electron chi connectivity index (χ2n) is 4.21. The molecule has 0 aliphatic heterocycles. The molecular formula is C13H19N3O2S. The molecule has 2 rings (SSSR count). The number of thiophene rings is 1. The molecule has 0 bridgehead atoms. The SMILES string of the molecule is CCCNCCCc1nnc(-c2cc(OC)cs2)o1. The molecular weight excluding hydrogens is 262 g/mol. The molecule has 0 atom stereocenters. The van der Waals surface area contributed by atoms with Crippen LogP contribution < -0.4 is 10.1 Å². The Morgan fingerprint density at radius 1 is 1.37 bits per heavy atom. The van der Waals surface area contributed by atoms with Gasteiger partial charge in [0.15, 0.2) is 0 Å². The topological polar surface area (TPSA) is 60.2 Å². The average molecular weight is 281 g/mol. The maximum Gasteiger partial charge on any atom is 0.257 e. The summed E-state index contributed by atoms with van der Waals surface area (Å²) < 4.78 is 10.8. The van der Waals surface area contributed by atoms with Gasteiger partial charge in [-0.05, 0) is 25.9 Å². The van der Waals surface area contributed by atoms with Crippen molar-refractivity contribution < 1.29 is 9.15 Å². The van der Waals surface area contributed by atoms with Gasteiger partial charge in [-0.25, -0.2) is 0 Å². The van der Waals surface area contributed by atoms with Crippen LogP contribution in [0.4, 0.5) is 0 Å². The van der Waals surface area contributed by atoms with Crippen LogP contribution in [0, 0.1) is 0 Å². The van der Waals surface area contributed by atoms with Gasteiger partial charge in [0.1, 0.15) is 5.75 Å². The molecule has 6 heteroatoms. The van der Waals surface area contributed by atoms with Gasteiger partial charge < -0.3 is 14.5 Å². The van der Waals surface area contributed by atoms with Gasteiger partial charge in [0.25, 0.3) is 5.89 Å². The van der Waals surface area contributed by atoms with E-state index in [4.69, 9.17) is 9.15 Å². The van der Waals surface area contributed by atoms with Crippen molar-refractivity contribution in [3.8, 4) is 16.5 Å². The van der Waals surface area contributed by atoms with Crippen LogP contribution in [0.15, 0.2) is 15.9 Å². The third-order valence-electron chi connectivity index (χ3n) is 2.66. The van der Waals surface area contributed by atoms with Crippen molar-refractivity contribution in [1.29, 1.82) is 0 Å². The molecule has 0 radical (unpaired) electrons. The molecule has 0 saturated heterocycles. The minimum Gasteiger partial charge on any atom is -0.496 e. The van der Waals surface area contributed by atoms with Gasteiger partial charge in [-0.15, -0.1) is 21.5 Å². The van der Waals surface area contributed by atoms with Crippen LogP contribution >= 0.6 is 11.3 Å². The van der Waals surface area contributed by atoms with Crippen molar-refractivity contribution in [2.75, 3.05) is 20.2 Å². The fourth-order valence-corrected chi connectivity index (χ4v) is 2.43. The van der Waals surface area contributed by atoms with Gasteiger partial charge in [-0.2, -0.15) is 0 Å². The highest BCUT2D eigenvalue weighted by molar-refractivity contribution is 7.13. The summed E-state index contributed by atoms with van der Waals surface area (Å²) in [6.45, 7) is 4.20. The van der Waals surface area contributed by atoms with E-state index >= 15 is 0 Å². The fourth-order valence-electron chi connectivity index (χ4n) is 1.66. The van der Waals surface area contributed by atoms with E-state index in [0.717, 1.165) is 43.0 Å². The molecule has 0 fully saturated rings. The van der Waals surface area contributed by atoms with Crippen LogP contribution in [0.3, 0.4) is 0 Å². The molecule has 2 heterocycles. The van der Waals surface area contributed by atoms with E-state index in [-0.39, 0.29) is 0 Å². The number of ether oxygens (including phenoxy) is 1. The first-order valence-corrected chi connectivity index (χ1v) is 7.37. The first kappa shape index (κ1) is 14.0. The predicted octanol–water partition coefficient (Wildman–Crippen LogP) is 2.74. The van der Waals surface area contributed by atoms with E-state index in [9.17, 15) is 0 Å². The highest BCUT2D eigenvalue weighted by Crippen LogP contribution is 2.29. The molecule has 0 saturated carbocycles. The van der Waals surface area contributed by atoms with Crippen LogP contribution in [-0.4, -0.2) is 30.4 Å². The monoisotopic (exact) mass is 281 g/mol. The zero-order chi connectivity index (χ0) is 13.5. The summed E-state index contributed by atoms with van der Waals surface area (Å²) in [5, 5.41) is 13.4. The van der Waals surface area contributed by atoms with Gasteiger partial charge >= 0.3 is 0 Å². The molecule has 0 aromatic carbocycles. The third-order valence-corrected chi connectivity index (χ3v) is 3.56. The summed E-state index contributed by atoms with van der Waals surface area (Å²) in [4.78, 5) is 0.944. The minimum atomic E-state index is 0.574. The molecule has 0 amide bonds. The van der Waals surface area contributed by atoms with E-state index in [1.165, 1.54) is 0 Å². The Balaban J connectivity index is 1.84. The molecule has 0 unspecified atom stereocenters.